The number of aryl methyl sites for hydroxylation is 2. The van der Waals surface area contributed by atoms with E-state index in [1.807, 2.05) is 20.0 Å². The Bertz CT molecular complexity index is 1540. The average Bonchev–Trinajstić information content (AvgIpc) is 3.19. The number of carbonyl (C=O) groups excluding carboxylic acids is 2. The lowest BCUT2D eigenvalue weighted by atomic mass is 10.1. The monoisotopic (exact) mass is 605 g/mol. The van der Waals surface area contributed by atoms with E-state index in [9.17, 15) is 9.59 Å². The third-order valence-electron chi connectivity index (χ3n) is 8.05. The lowest BCUT2D eigenvalue weighted by Crippen LogP contribution is -2.45. The topological polar surface area (TPSA) is 115 Å². The Morgan fingerprint density at radius 3 is 2.19 bits per heavy atom. The Labute approximate surface area is 257 Å². The molecule has 1 N–H and O–H groups in total. The van der Waals surface area contributed by atoms with Gasteiger partial charge >= 0.3 is 6.09 Å². The van der Waals surface area contributed by atoms with Gasteiger partial charge in [0.2, 0.25) is 5.91 Å². The van der Waals surface area contributed by atoms with Crippen LogP contribution < -0.4 is 5.32 Å². The summed E-state index contributed by atoms with van der Waals surface area (Å²) in [5.74, 6) is 3.32. The van der Waals surface area contributed by atoms with Gasteiger partial charge in [-0.05, 0) is 63.4 Å². The smallest absolute Gasteiger partial charge is 0.410 e. The van der Waals surface area contributed by atoms with E-state index in [0.717, 1.165) is 22.3 Å². The van der Waals surface area contributed by atoms with Crippen molar-refractivity contribution in [3.05, 3.63) is 29.8 Å². The van der Waals surface area contributed by atoms with E-state index >= 15 is 0 Å². The first-order valence-corrected chi connectivity index (χ1v) is 17.1. The first kappa shape index (κ1) is 33.7. The average molecular weight is 606 g/mol. The van der Waals surface area contributed by atoms with Crippen molar-refractivity contribution >= 4 is 36.9 Å². The number of hydrogen-bond donors (Lipinski definition) is 1. The molecule has 0 aliphatic rings. The number of fused-ring (bicyclic) bond motifs is 1. The van der Waals surface area contributed by atoms with E-state index in [4.69, 9.17) is 9.72 Å². The molecule has 3 aromatic rings. The van der Waals surface area contributed by atoms with Gasteiger partial charge in [-0.2, -0.15) is 5.10 Å². The zero-order valence-corrected chi connectivity index (χ0v) is 28.9. The highest BCUT2D eigenvalue weighted by atomic mass is 28.3. The van der Waals surface area contributed by atoms with E-state index in [1.54, 1.807) is 38.4 Å². The van der Waals surface area contributed by atoms with Crippen LogP contribution in [-0.2, 0) is 16.6 Å². The highest BCUT2D eigenvalue weighted by Gasteiger charge is 2.41. The molecule has 0 radical (unpaired) electrons. The van der Waals surface area contributed by atoms with Gasteiger partial charge in [-0.25, -0.2) is 19.7 Å². The Hall–Kier alpha value is -3.78. The molecule has 1 atom stereocenters. The van der Waals surface area contributed by atoms with Gasteiger partial charge in [0.25, 0.3) is 0 Å². The lowest BCUT2D eigenvalue weighted by Gasteiger charge is -2.38. The SMILES string of the molecule is Cc1nn(C)c2c(-c3cc(C#C[Si](C(C)C)(C(C)C)C(C)C)nc(NC(=O)C(C)N(C)C(=O)OC(C)(C)C)c3)ncnc12. The number of rotatable bonds is 7. The molecular weight excluding hydrogens is 558 g/mol. The summed E-state index contributed by atoms with van der Waals surface area (Å²) in [5.41, 5.74) is 8.64. The normalized spacial score (nSPS) is 12.8. The molecule has 3 aromatic heterocycles. The number of anilines is 1. The van der Waals surface area contributed by atoms with Crippen molar-refractivity contribution < 1.29 is 14.3 Å². The fourth-order valence-corrected chi connectivity index (χ4v) is 11.0. The molecule has 0 spiro atoms. The van der Waals surface area contributed by atoms with Crippen molar-refractivity contribution in [2.24, 2.45) is 7.05 Å². The van der Waals surface area contributed by atoms with Gasteiger partial charge in [-0.1, -0.05) is 47.5 Å². The van der Waals surface area contributed by atoms with Crippen LogP contribution in [0.1, 0.15) is 80.6 Å². The van der Waals surface area contributed by atoms with Gasteiger partial charge in [0, 0.05) is 19.7 Å². The quantitative estimate of drug-likeness (QED) is 0.242. The van der Waals surface area contributed by atoms with Crippen LogP contribution in [0.2, 0.25) is 16.6 Å². The van der Waals surface area contributed by atoms with Gasteiger partial charge in [0.15, 0.2) is 0 Å². The van der Waals surface area contributed by atoms with Crippen LogP contribution in [0.15, 0.2) is 18.5 Å². The third-order valence-corrected chi connectivity index (χ3v) is 14.3. The first-order valence-electron chi connectivity index (χ1n) is 14.9. The number of nitrogens with zero attached hydrogens (tertiary/aromatic N) is 6. The van der Waals surface area contributed by atoms with Gasteiger partial charge in [-0.3, -0.25) is 14.4 Å². The van der Waals surface area contributed by atoms with Crippen LogP contribution in [0, 0.1) is 18.4 Å². The fourth-order valence-electron chi connectivity index (χ4n) is 5.78. The van der Waals surface area contributed by atoms with E-state index < -0.39 is 31.7 Å². The highest BCUT2D eigenvalue weighted by Crippen LogP contribution is 2.41. The molecule has 43 heavy (non-hydrogen) atoms. The van der Waals surface area contributed by atoms with Crippen LogP contribution in [0.4, 0.5) is 10.6 Å². The first-order chi connectivity index (χ1) is 19.9. The Morgan fingerprint density at radius 2 is 1.63 bits per heavy atom. The minimum Gasteiger partial charge on any atom is -0.444 e. The number of aromatic nitrogens is 5. The van der Waals surface area contributed by atoms with E-state index in [1.165, 1.54) is 18.3 Å². The summed E-state index contributed by atoms with van der Waals surface area (Å²) in [4.78, 5) is 41.1. The molecule has 3 rings (SSSR count). The third kappa shape index (κ3) is 7.24. The maximum Gasteiger partial charge on any atom is 0.410 e. The number of pyridine rings is 1. The minimum atomic E-state index is -2.06. The van der Waals surface area contributed by atoms with E-state index in [-0.39, 0.29) is 0 Å². The summed E-state index contributed by atoms with van der Waals surface area (Å²) in [5, 5.41) is 7.44. The number of likely N-dealkylation sites (N-methyl/N-ethyl adjacent to an activating group) is 1. The fraction of sp³-hybridized carbons (Fsp3) is 0.562. The summed E-state index contributed by atoms with van der Waals surface area (Å²) >= 11 is 0. The molecule has 0 aromatic carbocycles. The van der Waals surface area contributed by atoms with Crippen molar-refractivity contribution in [2.75, 3.05) is 12.4 Å². The number of nitrogens with one attached hydrogen (secondary N) is 1. The van der Waals surface area contributed by atoms with E-state index in [0.29, 0.717) is 33.8 Å². The van der Waals surface area contributed by atoms with Crippen molar-refractivity contribution in [3.63, 3.8) is 0 Å². The van der Waals surface area contributed by atoms with Crippen molar-refractivity contribution in [3.8, 4) is 22.7 Å². The number of hydrogen-bond acceptors (Lipinski definition) is 7. The summed E-state index contributed by atoms with van der Waals surface area (Å²) in [7, 11) is 1.34. The molecule has 0 fully saturated rings. The second kappa shape index (κ2) is 12.8. The van der Waals surface area contributed by atoms with Crippen LogP contribution in [0.3, 0.4) is 0 Å². The Balaban J connectivity index is 2.14. The molecule has 232 valence electrons. The van der Waals surface area contributed by atoms with Crippen LogP contribution >= 0.6 is 0 Å². The van der Waals surface area contributed by atoms with Crippen LogP contribution in [0.25, 0.3) is 22.3 Å². The maximum atomic E-state index is 13.4. The molecule has 0 saturated carbocycles. The predicted molar refractivity (Wildman–Crippen MR) is 174 cm³/mol. The Kier molecular flexibility index (Phi) is 10.1. The molecule has 2 amide bonds. The van der Waals surface area contributed by atoms with Crippen LogP contribution in [-0.4, -0.2) is 68.4 Å². The second-order valence-electron chi connectivity index (χ2n) is 13.2. The molecule has 0 bridgehead atoms. The number of amides is 2. The molecule has 11 heteroatoms. The lowest BCUT2D eigenvalue weighted by molar-refractivity contribution is -0.120. The van der Waals surface area contributed by atoms with Gasteiger partial charge in [-0.15, -0.1) is 5.54 Å². The molecule has 0 aliphatic carbocycles. The zero-order valence-electron chi connectivity index (χ0n) is 27.9. The summed E-state index contributed by atoms with van der Waals surface area (Å²) in [6, 6.07) is 2.86. The zero-order chi connectivity index (χ0) is 32.4. The van der Waals surface area contributed by atoms with E-state index in [2.05, 4.69) is 73.4 Å². The summed E-state index contributed by atoms with van der Waals surface area (Å²) < 4.78 is 7.21. The molecule has 0 saturated heterocycles. The largest absolute Gasteiger partial charge is 0.444 e. The van der Waals surface area contributed by atoms with Crippen LogP contribution in [0.5, 0.6) is 0 Å². The standard InChI is InChI=1S/C32H47N7O3Si/c1-19(2)43(20(3)4,21(5)6)15-14-25-16-24(28-29-27(33-18-34-28)22(7)37-39(29)13)17-26(35-25)36-30(40)23(8)38(12)31(41)42-32(9,10)11/h16-21,23H,1-13H3,(H,35,36,40). The summed E-state index contributed by atoms with van der Waals surface area (Å²) in [6.07, 6.45) is 0.929. The van der Waals surface area contributed by atoms with Crippen molar-refractivity contribution in [1.82, 2.24) is 29.6 Å². The molecule has 0 aliphatic heterocycles. The van der Waals surface area contributed by atoms with Crippen molar-refractivity contribution in [2.45, 2.75) is 104 Å². The molecule has 10 nitrogen and oxygen atoms in total. The summed E-state index contributed by atoms with van der Waals surface area (Å²) in [6.45, 7) is 22.5. The minimum absolute atomic E-state index is 0.313. The number of ether oxygens (including phenoxy) is 1. The molecular formula is C32H47N7O3Si. The predicted octanol–water partition coefficient (Wildman–Crippen LogP) is 6.50. The van der Waals surface area contributed by atoms with Gasteiger partial charge in [0.1, 0.15) is 48.6 Å². The van der Waals surface area contributed by atoms with Gasteiger partial charge in [0.05, 0.1) is 11.4 Å². The second-order valence-corrected chi connectivity index (χ2v) is 18.7. The highest BCUT2D eigenvalue weighted by molar-refractivity contribution is 6.90. The Morgan fingerprint density at radius 1 is 1.02 bits per heavy atom. The maximum absolute atomic E-state index is 13.4. The molecule has 1 unspecified atom stereocenters. The van der Waals surface area contributed by atoms with Gasteiger partial charge < -0.3 is 10.1 Å². The van der Waals surface area contributed by atoms with Crippen molar-refractivity contribution in [1.29, 1.82) is 0 Å². The molecule has 3 heterocycles. The number of carbonyl (C=O) groups is 2.